The van der Waals surface area contributed by atoms with Gasteiger partial charge in [-0.15, -0.1) is 12.4 Å². The Hall–Kier alpha value is -1.06. The molecular formula is C15H17Cl2NO. The Balaban J connectivity index is 0.00000180. The summed E-state index contributed by atoms with van der Waals surface area (Å²) in [5, 5.41) is 13.9. The smallest absolute Gasteiger partial charge is 0.0914 e. The average molecular weight is 298 g/mol. The molecule has 0 aromatic heterocycles. The Bertz CT molecular complexity index is 473. The Morgan fingerprint density at radius 2 is 1.63 bits per heavy atom. The molecule has 0 radical (unpaired) electrons. The zero-order valence-electron chi connectivity index (χ0n) is 10.4. The van der Waals surface area contributed by atoms with Crippen LogP contribution in [0.25, 0.3) is 0 Å². The number of nitrogens with one attached hydrogen (secondary N) is 1. The van der Waals surface area contributed by atoms with Crippen molar-refractivity contribution in [1.29, 1.82) is 0 Å². The lowest BCUT2D eigenvalue weighted by molar-refractivity contribution is 0.174. The number of benzene rings is 2. The van der Waals surface area contributed by atoms with Crippen molar-refractivity contribution in [2.75, 3.05) is 6.54 Å². The number of hydrogen-bond donors (Lipinski definition) is 2. The standard InChI is InChI=1S/C15H16ClNO.ClH/c16-14-8-6-12(7-9-14)10-17-11-15(18)13-4-2-1-3-5-13;/h1-9,15,17-18H,10-11H2;1H. The van der Waals surface area contributed by atoms with E-state index in [4.69, 9.17) is 11.6 Å². The molecule has 2 rings (SSSR count). The summed E-state index contributed by atoms with van der Waals surface area (Å²) < 4.78 is 0. The highest BCUT2D eigenvalue weighted by atomic mass is 35.5. The molecule has 2 aromatic rings. The molecule has 4 heteroatoms. The zero-order valence-corrected chi connectivity index (χ0v) is 12.0. The van der Waals surface area contributed by atoms with E-state index in [0.717, 1.165) is 22.7 Å². The largest absolute Gasteiger partial charge is 0.387 e. The molecule has 2 N–H and O–H groups in total. The lowest BCUT2D eigenvalue weighted by Gasteiger charge is -2.12. The van der Waals surface area contributed by atoms with Crippen LogP contribution in [0.2, 0.25) is 5.02 Å². The summed E-state index contributed by atoms with van der Waals surface area (Å²) in [6, 6.07) is 17.3. The average Bonchev–Trinajstić information content (AvgIpc) is 2.42. The predicted molar refractivity (Wildman–Crippen MR) is 81.8 cm³/mol. The molecule has 1 atom stereocenters. The fraction of sp³-hybridized carbons (Fsp3) is 0.200. The molecule has 0 spiro atoms. The first-order valence-electron chi connectivity index (χ1n) is 5.94. The SMILES string of the molecule is Cl.OC(CNCc1ccc(Cl)cc1)c1ccccc1. The van der Waals surface area contributed by atoms with Gasteiger partial charge in [0.2, 0.25) is 0 Å². The van der Waals surface area contributed by atoms with Gasteiger partial charge in [0.15, 0.2) is 0 Å². The van der Waals surface area contributed by atoms with E-state index in [-0.39, 0.29) is 12.4 Å². The fourth-order valence-corrected chi connectivity index (χ4v) is 1.87. The van der Waals surface area contributed by atoms with Crippen molar-refractivity contribution >= 4 is 24.0 Å². The molecule has 0 heterocycles. The van der Waals surface area contributed by atoms with Gasteiger partial charge in [-0.05, 0) is 23.3 Å². The first-order valence-corrected chi connectivity index (χ1v) is 6.31. The Morgan fingerprint density at radius 3 is 2.26 bits per heavy atom. The highest BCUT2D eigenvalue weighted by Gasteiger charge is 2.05. The van der Waals surface area contributed by atoms with Gasteiger partial charge in [-0.3, -0.25) is 0 Å². The first kappa shape index (κ1) is 16.0. The zero-order chi connectivity index (χ0) is 12.8. The van der Waals surface area contributed by atoms with Crippen molar-refractivity contribution in [3.8, 4) is 0 Å². The van der Waals surface area contributed by atoms with Crippen LogP contribution in [0.15, 0.2) is 54.6 Å². The Morgan fingerprint density at radius 1 is 1.00 bits per heavy atom. The van der Waals surface area contributed by atoms with Crippen LogP contribution in [0.5, 0.6) is 0 Å². The minimum atomic E-state index is -0.474. The molecule has 0 aliphatic carbocycles. The van der Waals surface area contributed by atoms with Crippen molar-refractivity contribution in [1.82, 2.24) is 5.32 Å². The maximum atomic E-state index is 9.96. The van der Waals surface area contributed by atoms with Gasteiger partial charge >= 0.3 is 0 Å². The number of aliphatic hydroxyl groups is 1. The topological polar surface area (TPSA) is 32.3 Å². The van der Waals surface area contributed by atoms with E-state index in [1.165, 1.54) is 0 Å². The molecule has 0 aliphatic rings. The lowest BCUT2D eigenvalue weighted by atomic mass is 10.1. The van der Waals surface area contributed by atoms with Crippen molar-refractivity contribution in [2.24, 2.45) is 0 Å². The van der Waals surface area contributed by atoms with E-state index in [1.54, 1.807) is 0 Å². The van der Waals surface area contributed by atoms with Gasteiger partial charge in [-0.25, -0.2) is 0 Å². The second kappa shape index (κ2) is 8.18. The van der Waals surface area contributed by atoms with Crippen LogP contribution >= 0.6 is 24.0 Å². The monoisotopic (exact) mass is 297 g/mol. The van der Waals surface area contributed by atoms with Crippen LogP contribution in [-0.2, 0) is 6.54 Å². The van der Waals surface area contributed by atoms with Crippen molar-refractivity contribution in [2.45, 2.75) is 12.6 Å². The summed E-state index contributed by atoms with van der Waals surface area (Å²) in [5.74, 6) is 0. The van der Waals surface area contributed by atoms with Crippen LogP contribution in [-0.4, -0.2) is 11.7 Å². The van der Waals surface area contributed by atoms with Gasteiger partial charge < -0.3 is 10.4 Å². The highest BCUT2D eigenvalue weighted by molar-refractivity contribution is 6.30. The maximum absolute atomic E-state index is 9.96. The minimum absolute atomic E-state index is 0. The van der Waals surface area contributed by atoms with Gasteiger partial charge in [-0.2, -0.15) is 0 Å². The van der Waals surface area contributed by atoms with Gasteiger partial charge in [-0.1, -0.05) is 54.1 Å². The van der Waals surface area contributed by atoms with Crippen LogP contribution in [0, 0.1) is 0 Å². The molecular weight excluding hydrogens is 281 g/mol. The molecule has 2 aromatic carbocycles. The molecule has 0 aliphatic heterocycles. The molecule has 19 heavy (non-hydrogen) atoms. The molecule has 0 fully saturated rings. The Labute approximate surface area is 124 Å². The summed E-state index contributed by atoms with van der Waals surface area (Å²) >= 11 is 5.82. The third-order valence-corrected chi connectivity index (χ3v) is 3.02. The number of aliphatic hydroxyl groups excluding tert-OH is 1. The van der Waals surface area contributed by atoms with Gasteiger partial charge in [0.25, 0.3) is 0 Å². The summed E-state index contributed by atoms with van der Waals surface area (Å²) in [6.07, 6.45) is -0.474. The van der Waals surface area contributed by atoms with Crippen LogP contribution in [0.1, 0.15) is 17.2 Å². The summed E-state index contributed by atoms with van der Waals surface area (Å²) in [6.45, 7) is 1.26. The van der Waals surface area contributed by atoms with E-state index in [0.29, 0.717) is 6.54 Å². The number of halogens is 2. The fourth-order valence-electron chi connectivity index (χ4n) is 1.75. The van der Waals surface area contributed by atoms with E-state index in [9.17, 15) is 5.11 Å². The molecule has 0 bridgehead atoms. The quantitative estimate of drug-likeness (QED) is 0.884. The van der Waals surface area contributed by atoms with E-state index >= 15 is 0 Å². The molecule has 0 amide bonds. The van der Waals surface area contributed by atoms with Gasteiger partial charge in [0, 0.05) is 18.1 Å². The van der Waals surface area contributed by atoms with Crippen LogP contribution < -0.4 is 5.32 Å². The molecule has 102 valence electrons. The molecule has 0 saturated heterocycles. The minimum Gasteiger partial charge on any atom is -0.387 e. The van der Waals surface area contributed by atoms with Gasteiger partial charge in [0.1, 0.15) is 0 Å². The second-order valence-electron chi connectivity index (χ2n) is 4.18. The van der Waals surface area contributed by atoms with E-state index in [2.05, 4.69) is 5.32 Å². The molecule has 0 saturated carbocycles. The Kier molecular flexibility index (Phi) is 6.89. The van der Waals surface area contributed by atoms with Crippen molar-refractivity contribution in [3.05, 3.63) is 70.7 Å². The normalized spacial score (nSPS) is 11.7. The highest BCUT2D eigenvalue weighted by Crippen LogP contribution is 2.12. The lowest BCUT2D eigenvalue weighted by Crippen LogP contribution is -2.20. The van der Waals surface area contributed by atoms with E-state index in [1.807, 2.05) is 54.6 Å². The third-order valence-electron chi connectivity index (χ3n) is 2.76. The maximum Gasteiger partial charge on any atom is 0.0914 e. The summed E-state index contributed by atoms with van der Waals surface area (Å²) in [7, 11) is 0. The molecule has 1 unspecified atom stereocenters. The third kappa shape index (κ3) is 5.21. The number of hydrogen-bond acceptors (Lipinski definition) is 2. The second-order valence-corrected chi connectivity index (χ2v) is 4.62. The van der Waals surface area contributed by atoms with E-state index < -0.39 is 6.10 Å². The summed E-state index contributed by atoms with van der Waals surface area (Å²) in [5.41, 5.74) is 2.08. The summed E-state index contributed by atoms with van der Waals surface area (Å²) in [4.78, 5) is 0. The van der Waals surface area contributed by atoms with Crippen molar-refractivity contribution < 1.29 is 5.11 Å². The van der Waals surface area contributed by atoms with Gasteiger partial charge in [0.05, 0.1) is 6.10 Å². The van der Waals surface area contributed by atoms with Crippen molar-refractivity contribution in [3.63, 3.8) is 0 Å². The number of rotatable bonds is 5. The van der Waals surface area contributed by atoms with Crippen LogP contribution in [0.4, 0.5) is 0 Å². The first-order chi connectivity index (χ1) is 8.75. The van der Waals surface area contributed by atoms with Crippen LogP contribution in [0.3, 0.4) is 0 Å². The molecule has 2 nitrogen and oxygen atoms in total. The predicted octanol–water partition coefficient (Wildman–Crippen LogP) is 3.59.